The van der Waals surface area contributed by atoms with Gasteiger partial charge in [-0.05, 0) is 32.4 Å². The molecule has 0 saturated carbocycles. The highest BCUT2D eigenvalue weighted by molar-refractivity contribution is 8.01. The molecule has 0 spiro atoms. The predicted molar refractivity (Wildman–Crippen MR) is 85.1 cm³/mol. The van der Waals surface area contributed by atoms with Crippen molar-refractivity contribution in [1.82, 2.24) is 4.90 Å². The number of thiophene rings is 1. The summed E-state index contributed by atoms with van der Waals surface area (Å²) in [6, 6.07) is 3.03. The lowest BCUT2D eigenvalue weighted by Gasteiger charge is -2.29. The zero-order chi connectivity index (χ0) is 15.9. The highest BCUT2D eigenvalue weighted by Gasteiger charge is 2.53. The second-order valence-electron chi connectivity index (χ2n) is 5.71. The summed E-state index contributed by atoms with van der Waals surface area (Å²) < 4.78 is 5.16. The predicted octanol–water partition coefficient (Wildman–Crippen LogP) is 2.24. The highest BCUT2D eigenvalue weighted by atomic mass is 32.2. The van der Waals surface area contributed by atoms with E-state index in [9.17, 15) is 14.4 Å². The van der Waals surface area contributed by atoms with Crippen LogP contribution in [0.15, 0.2) is 12.1 Å². The molecule has 0 aromatic carbocycles. The minimum absolute atomic E-state index is 0.00495. The molecule has 5 nitrogen and oxygen atoms in total. The molecule has 1 aromatic rings. The summed E-state index contributed by atoms with van der Waals surface area (Å²) in [6.45, 7) is 3.64. The quantitative estimate of drug-likeness (QED) is 0.622. The number of thioether (sulfide) groups is 1. The Balaban J connectivity index is 1.61. The van der Waals surface area contributed by atoms with Gasteiger partial charge in [-0.1, -0.05) is 0 Å². The molecule has 22 heavy (non-hydrogen) atoms. The third-order valence-corrected chi connectivity index (χ3v) is 6.62. The number of hydrogen-bond donors (Lipinski definition) is 0. The third kappa shape index (κ3) is 2.67. The van der Waals surface area contributed by atoms with Gasteiger partial charge in [0.05, 0.1) is 9.75 Å². The standard InChI is InChI=1S/C15H17NO4S2/c1-9-3-4-12(22-9)11(17)7-20-14(19)10-8-21-15(2)6-5-13(18)16(10)15/h3-4,10H,5-8H2,1-2H3/t10-,15+/m1/s1. The first-order valence-electron chi connectivity index (χ1n) is 7.13. The Morgan fingerprint density at radius 2 is 2.23 bits per heavy atom. The number of fused-ring (bicyclic) bond motifs is 1. The number of ketones is 1. The lowest BCUT2D eigenvalue weighted by atomic mass is 10.2. The van der Waals surface area contributed by atoms with E-state index in [1.54, 1.807) is 22.7 Å². The number of esters is 1. The van der Waals surface area contributed by atoms with E-state index >= 15 is 0 Å². The maximum absolute atomic E-state index is 12.2. The van der Waals surface area contributed by atoms with Gasteiger partial charge in [0.15, 0.2) is 6.61 Å². The van der Waals surface area contributed by atoms with Crippen LogP contribution in [0.5, 0.6) is 0 Å². The molecule has 0 aliphatic carbocycles. The number of rotatable bonds is 4. The summed E-state index contributed by atoms with van der Waals surface area (Å²) in [4.78, 5) is 39.2. The molecule has 3 heterocycles. The molecule has 118 valence electrons. The number of ether oxygens (including phenoxy) is 1. The number of amides is 1. The summed E-state index contributed by atoms with van der Waals surface area (Å²) in [6.07, 6.45) is 1.23. The maximum Gasteiger partial charge on any atom is 0.330 e. The van der Waals surface area contributed by atoms with Gasteiger partial charge >= 0.3 is 5.97 Å². The number of carbonyl (C=O) groups excluding carboxylic acids is 3. The smallest absolute Gasteiger partial charge is 0.330 e. The van der Waals surface area contributed by atoms with Crippen molar-refractivity contribution in [2.75, 3.05) is 12.4 Å². The summed E-state index contributed by atoms with van der Waals surface area (Å²) >= 11 is 3.00. The monoisotopic (exact) mass is 339 g/mol. The molecule has 2 aliphatic heterocycles. The lowest BCUT2D eigenvalue weighted by molar-refractivity contribution is -0.152. The first kappa shape index (κ1) is 15.6. The van der Waals surface area contributed by atoms with Crippen LogP contribution in [0.2, 0.25) is 0 Å². The van der Waals surface area contributed by atoms with Gasteiger partial charge in [0.25, 0.3) is 0 Å². The highest BCUT2D eigenvalue weighted by Crippen LogP contribution is 2.47. The first-order chi connectivity index (χ1) is 10.4. The Hall–Kier alpha value is -1.34. The Morgan fingerprint density at radius 3 is 2.91 bits per heavy atom. The van der Waals surface area contributed by atoms with Crippen LogP contribution in [-0.4, -0.2) is 45.8 Å². The topological polar surface area (TPSA) is 63.7 Å². The van der Waals surface area contributed by atoms with Gasteiger partial charge in [0, 0.05) is 17.1 Å². The maximum atomic E-state index is 12.2. The van der Waals surface area contributed by atoms with Crippen LogP contribution in [0, 0.1) is 6.92 Å². The largest absolute Gasteiger partial charge is 0.456 e. The van der Waals surface area contributed by atoms with Gasteiger partial charge in [-0.15, -0.1) is 23.1 Å². The van der Waals surface area contributed by atoms with Crippen molar-refractivity contribution in [3.8, 4) is 0 Å². The molecule has 2 saturated heterocycles. The molecule has 1 aromatic heterocycles. The molecule has 7 heteroatoms. The Morgan fingerprint density at radius 1 is 1.45 bits per heavy atom. The fourth-order valence-electron chi connectivity index (χ4n) is 2.88. The van der Waals surface area contributed by atoms with Crippen molar-refractivity contribution >= 4 is 40.8 Å². The van der Waals surface area contributed by atoms with E-state index in [-0.39, 0.29) is 23.2 Å². The van der Waals surface area contributed by atoms with Crippen molar-refractivity contribution in [3.63, 3.8) is 0 Å². The second-order valence-corrected chi connectivity index (χ2v) is 8.50. The van der Waals surface area contributed by atoms with E-state index in [0.717, 1.165) is 11.3 Å². The van der Waals surface area contributed by atoms with Gasteiger partial charge < -0.3 is 9.64 Å². The van der Waals surface area contributed by atoms with E-state index in [2.05, 4.69) is 0 Å². The van der Waals surface area contributed by atoms with Crippen molar-refractivity contribution in [2.45, 2.75) is 37.6 Å². The van der Waals surface area contributed by atoms with Gasteiger partial charge in [0.2, 0.25) is 11.7 Å². The number of nitrogens with zero attached hydrogens (tertiary/aromatic N) is 1. The molecule has 0 unspecified atom stereocenters. The van der Waals surface area contributed by atoms with Gasteiger partial charge in [-0.3, -0.25) is 9.59 Å². The van der Waals surface area contributed by atoms with Gasteiger partial charge in [-0.25, -0.2) is 4.79 Å². The SMILES string of the molecule is Cc1ccc(C(=O)COC(=O)[C@H]2CS[C@@]3(C)CCC(=O)N23)s1. The average Bonchev–Trinajstić information content (AvgIpc) is 3.13. The molecular formula is C15H17NO4S2. The van der Waals surface area contributed by atoms with Crippen molar-refractivity contribution < 1.29 is 19.1 Å². The van der Waals surface area contributed by atoms with Crippen LogP contribution >= 0.6 is 23.1 Å². The van der Waals surface area contributed by atoms with Crippen molar-refractivity contribution in [3.05, 3.63) is 21.9 Å². The fraction of sp³-hybridized carbons (Fsp3) is 0.533. The van der Waals surface area contributed by atoms with Gasteiger partial charge in [-0.2, -0.15) is 0 Å². The zero-order valence-electron chi connectivity index (χ0n) is 12.5. The van der Waals surface area contributed by atoms with Crippen molar-refractivity contribution in [2.24, 2.45) is 0 Å². The molecule has 2 aliphatic rings. The van der Waals surface area contributed by atoms with Crippen LogP contribution in [0.3, 0.4) is 0 Å². The van der Waals surface area contributed by atoms with Crippen LogP contribution in [-0.2, 0) is 14.3 Å². The van der Waals surface area contributed by atoms with E-state index in [1.165, 1.54) is 11.3 Å². The summed E-state index contributed by atoms with van der Waals surface area (Å²) in [5.74, 6) is -0.150. The normalized spacial score (nSPS) is 27.1. The van der Waals surface area contributed by atoms with E-state index in [0.29, 0.717) is 17.1 Å². The molecule has 0 N–H and O–H groups in total. The lowest BCUT2D eigenvalue weighted by Crippen LogP contribution is -2.46. The van der Waals surface area contributed by atoms with E-state index in [4.69, 9.17) is 4.74 Å². The Kier molecular flexibility index (Phi) is 4.03. The van der Waals surface area contributed by atoms with Crippen LogP contribution in [0.25, 0.3) is 0 Å². The first-order valence-corrected chi connectivity index (χ1v) is 8.93. The Bertz CT molecular complexity index is 641. The van der Waals surface area contributed by atoms with E-state index in [1.807, 2.05) is 19.9 Å². The molecule has 0 bridgehead atoms. The average molecular weight is 339 g/mol. The molecule has 2 atom stereocenters. The van der Waals surface area contributed by atoms with Gasteiger partial charge in [0.1, 0.15) is 6.04 Å². The minimum atomic E-state index is -0.567. The zero-order valence-corrected chi connectivity index (χ0v) is 14.1. The number of hydrogen-bond acceptors (Lipinski definition) is 6. The van der Waals surface area contributed by atoms with E-state index < -0.39 is 12.0 Å². The van der Waals surface area contributed by atoms with Crippen LogP contribution in [0.4, 0.5) is 0 Å². The minimum Gasteiger partial charge on any atom is -0.456 e. The van der Waals surface area contributed by atoms with Crippen LogP contribution in [0.1, 0.15) is 34.3 Å². The number of Topliss-reactive ketones (excluding diaryl/α,β-unsaturated/α-hetero) is 1. The molecule has 3 rings (SSSR count). The second kappa shape index (κ2) is 5.70. The number of carbonyl (C=O) groups is 3. The summed E-state index contributed by atoms with van der Waals surface area (Å²) in [5.41, 5.74) is 0. The summed E-state index contributed by atoms with van der Waals surface area (Å²) in [7, 11) is 0. The Labute approximate surface area is 137 Å². The van der Waals surface area contributed by atoms with Crippen LogP contribution < -0.4 is 0 Å². The molecule has 0 radical (unpaired) electrons. The molecule has 1 amide bonds. The van der Waals surface area contributed by atoms with Crippen molar-refractivity contribution in [1.29, 1.82) is 0 Å². The number of aryl methyl sites for hydroxylation is 1. The fourth-order valence-corrected chi connectivity index (χ4v) is 5.09. The molecule has 2 fully saturated rings. The third-order valence-electron chi connectivity index (χ3n) is 4.08. The molecular weight excluding hydrogens is 322 g/mol. The summed E-state index contributed by atoms with van der Waals surface area (Å²) in [5, 5.41) is 0.